The quantitative estimate of drug-likeness (QED) is 0.710. The van der Waals surface area contributed by atoms with Crippen molar-refractivity contribution in [2.24, 2.45) is 17.8 Å². The summed E-state index contributed by atoms with van der Waals surface area (Å²) >= 11 is 0. The van der Waals surface area contributed by atoms with Gasteiger partial charge in [-0.05, 0) is 61.1 Å². The number of fused-ring (bicyclic) bond motifs is 2. The molecule has 3 atom stereocenters. The number of amides is 1. The van der Waals surface area contributed by atoms with E-state index >= 15 is 0 Å². The van der Waals surface area contributed by atoms with Gasteiger partial charge in [0.2, 0.25) is 5.91 Å². The van der Waals surface area contributed by atoms with E-state index in [0.29, 0.717) is 30.8 Å². The van der Waals surface area contributed by atoms with E-state index in [9.17, 15) is 18.0 Å². The molecule has 0 spiro atoms. The Labute approximate surface area is 168 Å². The second kappa shape index (κ2) is 8.01. The average Bonchev–Trinajstić information content (AvgIpc) is 3.26. The average molecular weight is 407 g/mol. The Balaban J connectivity index is 1.26. The Hall–Kier alpha value is -2.02. The SMILES string of the molecule is CC(=O)Nc1c[nH]c2ccc(CCC[C@@H]3C[C@@H]4CN(CC(F)(F)F)C[C@@H]4C3)cc12. The molecule has 1 aromatic carbocycles. The fourth-order valence-corrected chi connectivity index (χ4v) is 5.35. The third-order valence-electron chi connectivity index (χ3n) is 6.46. The van der Waals surface area contributed by atoms with Crippen LogP contribution in [0.4, 0.5) is 18.9 Å². The molecule has 0 radical (unpaired) electrons. The lowest BCUT2D eigenvalue weighted by Gasteiger charge is -2.20. The van der Waals surface area contributed by atoms with Crippen LogP contribution in [0.2, 0.25) is 0 Å². The molecule has 2 N–H and O–H groups in total. The van der Waals surface area contributed by atoms with Crippen LogP contribution in [0.15, 0.2) is 24.4 Å². The van der Waals surface area contributed by atoms with Crippen molar-refractivity contribution in [3.63, 3.8) is 0 Å². The maximum atomic E-state index is 12.6. The first-order valence-electron chi connectivity index (χ1n) is 10.4. The fraction of sp³-hybridized carbons (Fsp3) is 0.591. The van der Waals surface area contributed by atoms with Gasteiger partial charge in [-0.25, -0.2) is 0 Å². The molecule has 0 unspecified atom stereocenters. The fourth-order valence-electron chi connectivity index (χ4n) is 5.35. The largest absolute Gasteiger partial charge is 0.401 e. The number of likely N-dealkylation sites (tertiary alicyclic amines) is 1. The highest BCUT2D eigenvalue weighted by atomic mass is 19.4. The normalized spacial score (nSPS) is 24.9. The number of halogens is 3. The van der Waals surface area contributed by atoms with Crippen LogP contribution in [0.1, 0.15) is 38.2 Å². The topological polar surface area (TPSA) is 48.1 Å². The van der Waals surface area contributed by atoms with Crippen LogP contribution < -0.4 is 5.32 Å². The number of aromatic amines is 1. The van der Waals surface area contributed by atoms with Gasteiger partial charge in [-0.2, -0.15) is 13.2 Å². The minimum atomic E-state index is -4.08. The second-order valence-electron chi connectivity index (χ2n) is 8.82. The number of alkyl halides is 3. The number of nitrogens with zero attached hydrogens (tertiary/aromatic N) is 1. The van der Waals surface area contributed by atoms with E-state index in [1.54, 1.807) is 4.90 Å². The molecule has 4 nitrogen and oxygen atoms in total. The summed E-state index contributed by atoms with van der Waals surface area (Å²) < 4.78 is 37.8. The number of H-pyrrole nitrogens is 1. The summed E-state index contributed by atoms with van der Waals surface area (Å²) in [7, 11) is 0. The van der Waals surface area contributed by atoms with Gasteiger partial charge < -0.3 is 10.3 Å². The first kappa shape index (κ1) is 20.3. The van der Waals surface area contributed by atoms with Crippen molar-refractivity contribution in [1.82, 2.24) is 9.88 Å². The van der Waals surface area contributed by atoms with Crippen LogP contribution in [0.5, 0.6) is 0 Å². The van der Waals surface area contributed by atoms with Crippen LogP contribution in [-0.4, -0.2) is 41.6 Å². The molecular weight excluding hydrogens is 379 g/mol. The molecule has 2 heterocycles. The van der Waals surface area contributed by atoms with Crippen molar-refractivity contribution in [2.75, 3.05) is 25.0 Å². The van der Waals surface area contributed by atoms with Gasteiger partial charge in [0.15, 0.2) is 0 Å². The van der Waals surface area contributed by atoms with E-state index in [1.807, 2.05) is 12.3 Å². The predicted octanol–water partition coefficient (Wildman–Crippen LogP) is 4.97. The Kier molecular flexibility index (Phi) is 5.60. The maximum Gasteiger partial charge on any atom is 0.401 e. The van der Waals surface area contributed by atoms with Crippen LogP contribution >= 0.6 is 0 Å². The number of carbonyl (C=O) groups excluding carboxylic acids is 1. The Bertz CT molecular complexity index is 862. The number of benzene rings is 1. The summed E-state index contributed by atoms with van der Waals surface area (Å²) in [6.07, 6.45) is 3.07. The Morgan fingerprint density at radius 2 is 1.97 bits per heavy atom. The molecule has 2 fully saturated rings. The summed E-state index contributed by atoms with van der Waals surface area (Å²) in [6.45, 7) is 1.96. The summed E-state index contributed by atoms with van der Waals surface area (Å²) in [5, 5.41) is 3.88. The highest BCUT2D eigenvalue weighted by Gasteiger charge is 2.43. The minimum Gasteiger partial charge on any atom is -0.359 e. The summed E-state index contributed by atoms with van der Waals surface area (Å²) in [4.78, 5) is 16.1. The number of hydrogen-bond donors (Lipinski definition) is 2. The standard InChI is InChI=1S/C22H28F3N3O/c1-14(29)27-21-10-26-20-6-5-15(9-19(20)21)3-2-4-16-7-17-11-28(12-18(17)8-16)13-22(23,24)25/h5-6,9-10,16-18,26H,2-4,7-8,11-13H2,1H3,(H,27,29)/t16-,17-,18+. The van der Waals surface area contributed by atoms with E-state index in [-0.39, 0.29) is 5.91 Å². The van der Waals surface area contributed by atoms with Crippen molar-refractivity contribution in [3.05, 3.63) is 30.0 Å². The van der Waals surface area contributed by atoms with Crippen LogP contribution in [0.25, 0.3) is 10.9 Å². The molecule has 1 saturated heterocycles. The van der Waals surface area contributed by atoms with Gasteiger partial charge in [-0.15, -0.1) is 0 Å². The molecule has 4 rings (SSSR count). The molecule has 1 amide bonds. The molecule has 1 saturated carbocycles. The highest BCUT2D eigenvalue weighted by Crippen LogP contribution is 2.44. The molecular formula is C22H28F3N3O. The zero-order valence-corrected chi connectivity index (χ0v) is 16.7. The molecule has 2 aliphatic rings. The number of rotatable bonds is 6. The van der Waals surface area contributed by atoms with E-state index in [1.165, 1.54) is 12.5 Å². The third-order valence-corrected chi connectivity index (χ3v) is 6.46. The molecule has 29 heavy (non-hydrogen) atoms. The molecule has 1 aliphatic carbocycles. The van der Waals surface area contributed by atoms with Gasteiger partial charge in [0, 0.05) is 37.1 Å². The lowest BCUT2D eigenvalue weighted by atomic mass is 9.96. The van der Waals surface area contributed by atoms with Gasteiger partial charge in [0.25, 0.3) is 0 Å². The summed E-state index contributed by atoms with van der Waals surface area (Å²) in [5.41, 5.74) is 3.06. The monoisotopic (exact) mass is 407 g/mol. The number of carbonyl (C=O) groups is 1. The lowest BCUT2D eigenvalue weighted by Crippen LogP contribution is -2.33. The van der Waals surface area contributed by atoms with Gasteiger partial charge in [0.05, 0.1) is 12.2 Å². The third kappa shape index (κ3) is 4.94. The first-order chi connectivity index (χ1) is 13.8. The van der Waals surface area contributed by atoms with Gasteiger partial charge in [0.1, 0.15) is 0 Å². The van der Waals surface area contributed by atoms with Crippen LogP contribution in [-0.2, 0) is 11.2 Å². The van der Waals surface area contributed by atoms with Crippen molar-refractivity contribution < 1.29 is 18.0 Å². The summed E-state index contributed by atoms with van der Waals surface area (Å²) in [6, 6.07) is 6.30. The van der Waals surface area contributed by atoms with Gasteiger partial charge >= 0.3 is 6.18 Å². The zero-order chi connectivity index (χ0) is 20.6. The number of nitrogens with one attached hydrogen (secondary N) is 2. The number of hydrogen-bond acceptors (Lipinski definition) is 2. The van der Waals surface area contributed by atoms with E-state index in [2.05, 4.69) is 22.4 Å². The Morgan fingerprint density at radius 3 is 2.62 bits per heavy atom. The smallest absolute Gasteiger partial charge is 0.359 e. The Morgan fingerprint density at radius 1 is 1.24 bits per heavy atom. The molecule has 158 valence electrons. The minimum absolute atomic E-state index is 0.0862. The van der Waals surface area contributed by atoms with Crippen LogP contribution in [0.3, 0.4) is 0 Å². The molecule has 1 aliphatic heterocycles. The predicted molar refractivity (Wildman–Crippen MR) is 108 cm³/mol. The second-order valence-corrected chi connectivity index (χ2v) is 8.82. The number of aryl methyl sites for hydroxylation is 1. The molecule has 1 aromatic heterocycles. The van der Waals surface area contributed by atoms with E-state index in [0.717, 1.165) is 48.7 Å². The highest BCUT2D eigenvalue weighted by molar-refractivity contribution is 6.01. The molecule has 7 heteroatoms. The maximum absolute atomic E-state index is 12.6. The molecule has 0 bridgehead atoms. The van der Waals surface area contributed by atoms with Crippen molar-refractivity contribution in [1.29, 1.82) is 0 Å². The van der Waals surface area contributed by atoms with E-state index < -0.39 is 12.7 Å². The van der Waals surface area contributed by atoms with Crippen molar-refractivity contribution in [2.45, 2.75) is 45.2 Å². The van der Waals surface area contributed by atoms with Crippen molar-refractivity contribution in [3.8, 4) is 0 Å². The zero-order valence-electron chi connectivity index (χ0n) is 16.7. The van der Waals surface area contributed by atoms with Crippen LogP contribution in [0, 0.1) is 17.8 Å². The summed E-state index contributed by atoms with van der Waals surface area (Å²) in [5.74, 6) is 1.44. The first-order valence-corrected chi connectivity index (χ1v) is 10.4. The van der Waals surface area contributed by atoms with E-state index in [4.69, 9.17) is 0 Å². The molecule has 2 aromatic rings. The lowest BCUT2D eigenvalue weighted by molar-refractivity contribution is -0.144. The van der Waals surface area contributed by atoms with Gasteiger partial charge in [-0.1, -0.05) is 12.5 Å². The van der Waals surface area contributed by atoms with Crippen molar-refractivity contribution >= 4 is 22.5 Å². The number of aromatic nitrogens is 1. The van der Waals surface area contributed by atoms with Gasteiger partial charge in [-0.3, -0.25) is 9.69 Å². The number of anilines is 1.